The van der Waals surface area contributed by atoms with Crippen molar-refractivity contribution in [1.82, 2.24) is 0 Å². The van der Waals surface area contributed by atoms with Gasteiger partial charge in [-0.1, -0.05) is 0 Å². The Morgan fingerprint density at radius 2 is 2.33 bits per heavy atom. The van der Waals surface area contributed by atoms with Crippen LogP contribution in [0.4, 0.5) is 0 Å². The molecule has 0 spiro atoms. The van der Waals surface area contributed by atoms with E-state index in [2.05, 4.69) is 0 Å². The molecule has 0 radical (unpaired) electrons. The Hall–Kier alpha value is -0.180. The van der Waals surface area contributed by atoms with Crippen LogP contribution in [0.3, 0.4) is 0 Å². The lowest BCUT2D eigenvalue weighted by atomic mass is 10.5. The predicted octanol–water partition coefficient (Wildman–Crippen LogP) is 1.30. The molecule has 9 heavy (non-hydrogen) atoms. The molecule has 0 fully saturated rings. The van der Waals surface area contributed by atoms with Crippen LogP contribution < -0.4 is 0 Å². The van der Waals surface area contributed by atoms with Gasteiger partial charge in [-0.3, -0.25) is 4.79 Å². The SMILES string of the molecule is CSC[C@H](C)OC(C)=O. The first-order chi connectivity index (χ1) is 4.16. The van der Waals surface area contributed by atoms with Crippen LogP contribution in [0, 0.1) is 0 Å². The zero-order valence-corrected chi connectivity index (χ0v) is 6.83. The first kappa shape index (κ1) is 8.82. The Balaban J connectivity index is 3.26. The van der Waals surface area contributed by atoms with Gasteiger partial charge in [0.15, 0.2) is 0 Å². The maximum Gasteiger partial charge on any atom is 0.302 e. The molecule has 0 bridgehead atoms. The van der Waals surface area contributed by atoms with E-state index >= 15 is 0 Å². The predicted molar refractivity (Wildman–Crippen MR) is 39.6 cm³/mol. The van der Waals surface area contributed by atoms with Gasteiger partial charge in [-0.15, -0.1) is 0 Å². The minimum Gasteiger partial charge on any atom is -0.462 e. The van der Waals surface area contributed by atoms with Crippen molar-refractivity contribution in [3.63, 3.8) is 0 Å². The van der Waals surface area contributed by atoms with Crippen molar-refractivity contribution in [1.29, 1.82) is 0 Å². The fourth-order valence-corrected chi connectivity index (χ4v) is 1.09. The highest BCUT2D eigenvalue weighted by Crippen LogP contribution is 2.00. The molecule has 1 atom stereocenters. The van der Waals surface area contributed by atoms with Gasteiger partial charge in [-0.2, -0.15) is 11.8 Å². The van der Waals surface area contributed by atoms with Crippen molar-refractivity contribution in [2.24, 2.45) is 0 Å². The molecule has 0 rings (SSSR count). The normalized spacial score (nSPS) is 12.8. The molecule has 0 aromatic heterocycles. The van der Waals surface area contributed by atoms with Crippen LogP contribution in [0.5, 0.6) is 0 Å². The minimum atomic E-state index is -0.198. The molecule has 0 aliphatic heterocycles. The molecular weight excluding hydrogens is 136 g/mol. The summed E-state index contributed by atoms with van der Waals surface area (Å²) in [5.74, 6) is 0.677. The van der Waals surface area contributed by atoms with Crippen LogP contribution >= 0.6 is 11.8 Å². The average Bonchev–Trinajstić information content (AvgIpc) is 1.63. The van der Waals surface area contributed by atoms with Crippen LogP contribution in [0.25, 0.3) is 0 Å². The van der Waals surface area contributed by atoms with Gasteiger partial charge in [0.05, 0.1) is 0 Å². The van der Waals surface area contributed by atoms with Crippen LogP contribution in [-0.4, -0.2) is 24.1 Å². The number of carbonyl (C=O) groups excluding carboxylic acids is 1. The number of thioether (sulfide) groups is 1. The Bertz CT molecular complexity index is 93.1. The molecule has 0 aliphatic rings. The van der Waals surface area contributed by atoms with E-state index in [4.69, 9.17) is 4.74 Å². The van der Waals surface area contributed by atoms with E-state index in [9.17, 15) is 4.79 Å². The van der Waals surface area contributed by atoms with Gasteiger partial charge < -0.3 is 4.74 Å². The number of carbonyl (C=O) groups is 1. The number of esters is 1. The van der Waals surface area contributed by atoms with Gasteiger partial charge in [0.2, 0.25) is 0 Å². The molecule has 0 N–H and O–H groups in total. The van der Waals surface area contributed by atoms with Gasteiger partial charge >= 0.3 is 5.97 Å². The molecule has 0 unspecified atom stereocenters. The largest absolute Gasteiger partial charge is 0.462 e. The Morgan fingerprint density at radius 1 is 1.78 bits per heavy atom. The van der Waals surface area contributed by atoms with E-state index in [1.807, 2.05) is 13.2 Å². The van der Waals surface area contributed by atoms with E-state index in [0.717, 1.165) is 5.75 Å². The lowest BCUT2D eigenvalue weighted by Gasteiger charge is -2.08. The summed E-state index contributed by atoms with van der Waals surface area (Å²) in [6, 6.07) is 0. The highest BCUT2D eigenvalue weighted by Gasteiger charge is 2.01. The van der Waals surface area contributed by atoms with Gasteiger partial charge in [0.25, 0.3) is 0 Å². The number of hydrogen-bond acceptors (Lipinski definition) is 3. The molecule has 0 saturated heterocycles. The molecule has 0 amide bonds. The van der Waals surface area contributed by atoms with E-state index in [-0.39, 0.29) is 12.1 Å². The van der Waals surface area contributed by atoms with E-state index < -0.39 is 0 Å². The number of hydrogen-bond donors (Lipinski definition) is 0. The first-order valence-corrected chi connectivity index (χ1v) is 4.22. The summed E-state index contributed by atoms with van der Waals surface area (Å²) in [4.78, 5) is 10.3. The van der Waals surface area contributed by atoms with Crippen molar-refractivity contribution in [3.05, 3.63) is 0 Å². The standard InChI is InChI=1S/C6H12O2S/c1-5(4-9-3)8-6(2)7/h5H,4H2,1-3H3/t5-/m0/s1. The smallest absolute Gasteiger partial charge is 0.302 e. The van der Waals surface area contributed by atoms with Crippen molar-refractivity contribution in [2.45, 2.75) is 20.0 Å². The van der Waals surface area contributed by atoms with Crippen molar-refractivity contribution < 1.29 is 9.53 Å². The minimum absolute atomic E-state index is 0.0532. The second-order valence-corrected chi connectivity index (χ2v) is 2.79. The third-order valence-corrected chi connectivity index (χ3v) is 1.57. The van der Waals surface area contributed by atoms with Gasteiger partial charge in [-0.05, 0) is 13.2 Å². The zero-order chi connectivity index (χ0) is 7.28. The summed E-state index contributed by atoms with van der Waals surface area (Å²) in [5.41, 5.74) is 0. The van der Waals surface area contributed by atoms with E-state index in [0.29, 0.717) is 0 Å². The first-order valence-electron chi connectivity index (χ1n) is 2.83. The Kier molecular flexibility index (Phi) is 4.58. The van der Waals surface area contributed by atoms with Gasteiger partial charge in [0, 0.05) is 12.7 Å². The average molecular weight is 148 g/mol. The summed E-state index contributed by atoms with van der Waals surface area (Å²) in [7, 11) is 0. The van der Waals surface area contributed by atoms with Crippen LogP contribution in [0.1, 0.15) is 13.8 Å². The molecule has 3 heteroatoms. The molecule has 2 nitrogen and oxygen atoms in total. The highest BCUT2D eigenvalue weighted by molar-refractivity contribution is 7.98. The Morgan fingerprint density at radius 3 is 2.67 bits per heavy atom. The monoisotopic (exact) mass is 148 g/mol. The van der Waals surface area contributed by atoms with E-state index in [1.54, 1.807) is 11.8 Å². The molecule has 0 aromatic rings. The van der Waals surface area contributed by atoms with E-state index in [1.165, 1.54) is 6.92 Å². The number of rotatable bonds is 3. The van der Waals surface area contributed by atoms with Crippen molar-refractivity contribution >= 4 is 17.7 Å². The second kappa shape index (κ2) is 4.68. The fourth-order valence-electron chi connectivity index (χ4n) is 0.552. The van der Waals surface area contributed by atoms with Gasteiger partial charge in [0.1, 0.15) is 6.10 Å². The fraction of sp³-hybridized carbons (Fsp3) is 0.833. The van der Waals surface area contributed by atoms with Crippen LogP contribution in [-0.2, 0) is 9.53 Å². The Labute approximate surface area is 60.0 Å². The third kappa shape index (κ3) is 5.69. The molecule has 0 aromatic carbocycles. The summed E-state index contributed by atoms with van der Waals surface area (Å²) in [6.45, 7) is 3.31. The third-order valence-electron chi connectivity index (χ3n) is 0.769. The quantitative estimate of drug-likeness (QED) is 0.564. The second-order valence-electron chi connectivity index (χ2n) is 1.88. The maximum absolute atomic E-state index is 10.3. The molecule has 0 saturated carbocycles. The van der Waals surface area contributed by atoms with Crippen LogP contribution in [0.2, 0.25) is 0 Å². The highest BCUT2D eigenvalue weighted by atomic mass is 32.2. The topological polar surface area (TPSA) is 26.3 Å². The van der Waals surface area contributed by atoms with Crippen molar-refractivity contribution in [2.75, 3.05) is 12.0 Å². The lowest BCUT2D eigenvalue weighted by Crippen LogP contribution is -2.14. The van der Waals surface area contributed by atoms with Crippen LogP contribution in [0.15, 0.2) is 0 Å². The lowest BCUT2D eigenvalue weighted by molar-refractivity contribution is -0.144. The zero-order valence-electron chi connectivity index (χ0n) is 6.01. The summed E-state index contributed by atoms with van der Waals surface area (Å²) >= 11 is 1.67. The summed E-state index contributed by atoms with van der Waals surface area (Å²) in [6.07, 6.45) is 2.04. The summed E-state index contributed by atoms with van der Waals surface area (Å²) in [5, 5.41) is 0. The van der Waals surface area contributed by atoms with Crippen molar-refractivity contribution in [3.8, 4) is 0 Å². The molecule has 54 valence electrons. The maximum atomic E-state index is 10.3. The summed E-state index contributed by atoms with van der Waals surface area (Å²) < 4.78 is 4.83. The molecule has 0 heterocycles. The van der Waals surface area contributed by atoms with Gasteiger partial charge in [-0.25, -0.2) is 0 Å². The molecule has 0 aliphatic carbocycles. The number of ether oxygens (including phenoxy) is 1. The molecular formula is C6H12O2S.